The van der Waals surface area contributed by atoms with Crippen LogP contribution >= 0.6 is 0 Å². The molecular weight excluding hydrogens is 250 g/mol. The van der Waals surface area contributed by atoms with Crippen LogP contribution in [0.15, 0.2) is 27.6 Å². The van der Waals surface area contributed by atoms with Crippen LogP contribution in [0.5, 0.6) is 0 Å². The molecule has 0 fully saturated rings. The number of carbonyl (C=O) groups is 1. The van der Waals surface area contributed by atoms with Gasteiger partial charge in [-0.05, 0) is 12.5 Å². The van der Waals surface area contributed by atoms with Gasteiger partial charge in [0.2, 0.25) is 5.89 Å². The quantitative estimate of drug-likeness (QED) is 0.861. The second-order valence-corrected chi connectivity index (χ2v) is 4.04. The molecule has 0 aliphatic heterocycles. The zero-order valence-electron chi connectivity index (χ0n) is 10.4. The highest BCUT2D eigenvalue weighted by Crippen LogP contribution is 2.03. The summed E-state index contributed by atoms with van der Waals surface area (Å²) >= 11 is 0. The van der Waals surface area contributed by atoms with Gasteiger partial charge in [-0.3, -0.25) is 4.79 Å². The number of hydrogen-bond donors (Lipinski definition) is 1. The van der Waals surface area contributed by atoms with Gasteiger partial charge >= 0.3 is 5.97 Å². The summed E-state index contributed by atoms with van der Waals surface area (Å²) in [6.07, 6.45) is 2.83. The molecule has 0 aliphatic carbocycles. The SMILES string of the molecule is CCCc1nc(Cn2cc(C(=O)O)ccc2=O)no1. The molecule has 0 bridgehead atoms. The highest BCUT2D eigenvalue weighted by atomic mass is 16.5. The number of aryl methyl sites for hydroxylation is 1. The number of carboxylic acids is 1. The Labute approximate surface area is 108 Å². The third-order valence-electron chi connectivity index (χ3n) is 2.52. The first-order valence-corrected chi connectivity index (χ1v) is 5.85. The van der Waals surface area contributed by atoms with Crippen molar-refractivity contribution in [2.45, 2.75) is 26.3 Å². The minimum Gasteiger partial charge on any atom is -0.478 e. The number of aromatic nitrogens is 3. The second kappa shape index (κ2) is 5.47. The molecule has 0 aromatic carbocycles. The Kier molecular flexibility index (Phi) is 3.74. The van der Waals surface area contributed by atoms with Gasteiger partial charge in [0.25, 0.3) is 5.56 Å². The summed E-state index contributed by atoms with van der Waals surface area (Å²) in [5.41, 5.74) is -0.274. The van der Waals surface area contributed by atoms with E-state index in [0.717, 1.165) is 6.42 Å². The Balaban J connectivity index is 2.24. The van der Waals surface area contributed by atoms with E-state index in [-0.39, 0.29) is 17.7 Å². The fourth-order valence-corrected chi connectivity index (χ4v) is 1.60. The molecule has 0 radical (unpaired) electrons. The lowest BCUT2D eigenvalue weighted by molar-refractivity contribution is 0.0696. The van der Waals surface area contributed by atoms with Crippen LogP contribution in [0.2, 0.25) is 0 Å². The average Bonchev–Trinajstić information content (AvgIpc) is 2.80. The fourth-order valence-electron chi connectivity index (χ4n) is 1.60. The van der Waals surface area contributed by atoms with Crippen molar-refractivity contribution in [1.29, 1.82) is 0 Å². The predicted molar refractivity (Wildman–Crippen MR) is 65.1 cm³/mol. The first-order valence-electron chi connectivity index (χ1n) is 5.85. The van der Waals surface area contributed by atoms with Crippen molar-refractivity contribution in [3.8, 4) is 0 Å². The third-order valence-corrected chi connectivity index (χ3v) is 2.52. The number of rotatable bonds is 5. The lowest BCUT2D eigenvalue weighted by atomic mass is 10.3. The van der Waals surface area contributed by atoms with Crippen LogP contribution < -0.4 is 5.56 Å². The molecule has 0 spiro atoms. The number of pyridine rings is 1. The van der Waals surface area contributed by atoms with E-state index in [1.165, 1.54) is 22.9 Å². The molecule has 0 amide bonds. The molecule has 2 aromatic rings. The Morgan fingerprint density at radius 3 is 2.95 bits per heavy atom. The molecule has 2 rings (SSSR count). The monoisotopic (exact) mass is 263 g/mol. The second-order valence-electron chi connectivity index (χ2n) is 4.04. The van der Waals surface area contributed by atoms with Crippen molar-refractivity contribution >= 4 is 5.97 Å². The minimum atomic E-state index is -1.09. The average molecular weight is 263 g/mol. The topological polar surface area (TPSA) is 98.2 Å². The maximum atomic E-state index is 11.6. The summed E-state index contributed by atoms with van der Waals surface area (Å²) < 4.78 is 6.24. The molecule has 0 atom stereocenters. The molecule has 7 heteroatoms. The number of aromatic carboxylic acids is 1. The first kappa shape index (κ1) is 13.0. The Bertz CT molecular complexity index is 644. The van der Waals surface area contributed by atoms with E-state index in [2.05, 4.69) is 10.1 Å². The third kappa shape index (κ3) is 3.06. The zero-order chi connectivity index (χ0) is 13.8. The molecule has 2 heterocycles. The van der Waals surface area contributed by atoms with Crippen LogP contribution in [-0.2, 0) is 13.0 Å². The van der Waals surface area contributed by atoms with Crippen molar-refractivity contribution in [3.05, 3.63) is 46.0 Å². The van der Waals surface area contributed by atoms with E-state index in [0.29, 0.717) is 18.1 Å². The van der Waals surface area contributed by atoms with Crippen LogP contribution in [0.25, 0.3) is 0 Å². The summed E-state index contributed by atoms with van der Waals surface area (Å²) in [6, 6.07) is 2.47. The van der Waals surface area contributed by atoms with Crippen LogP contribution in [0, 0.1) is 0 Å². The summed E-state index contributed by atoms with van der Waals surface area (Å²) in [7, 11) is 0. The molecule has 19 heavy (non-hydrogen) atoms. The van der Waals surface area contributed by atoms with E-state index in [1.54, 1.807) is 0 Å². The van der Waals surface area contributed by atoms with Crippen LogP contribution in [0.3, 0.4) is 0 Å². The van der Waals surface area contributed by atoms with Crippen LogP contribution in [0.4, 0.5) is 0 Å². The van der Waals surface area contributed by atoms with Gasteiger partial charge in [-0.1, -0.05) is 12.1 Å². The Morgan fingerprint density at radius 2 is 2.26 bits per heavy atom. The van der Waals surface area contributed by atoms with E-state index in [9.17, 15) is 9.59 Å². The summed E-state index contributed by atoms with van der Waals surface area (Å²) in [6.45, 7) is 2.08. The summed E-state index contributed by atoms with van der Waals surface area (Å²) in [5, 5.41) is 12.6. The maximum absolute atomic E-state index is 11.6. The molecule has 1 N–H and O–H groups in total. The largest absolute Gasteiger partial charge is 0.478 e. The lowest BCUT2D eigenvalue weighted by Gasteiger charge is -2.02. The normalized spacial score (nSPS) is 10.6. The molecule has 0 aliphatic rings. The van der Waals surface area contributed by atoms with Crippen molar-refractivity contribution in [1.82, 2.24) is 14.7 Å². The Morgan fingerprint density at radius 1 is 1.47 bits per heavy atom. The van der Waals surface area contributed by atoms with Gasteiger partial charge in [0.15, 0.2) is 5.82 Å². The van der Waals surface area contributed by atoms with Gasteiger partial charge in [-0.25, -0.2) is 4.79 Å². The first-order chi connectivity index (χ1) is 9.10. The van der Waals surface area contributed by atoms with Gasteiger partial charge < -0.3 is 14.2 Å². The summed E-state index contributed by atoms with van der Waals surface area (Å²) in [4.78, 5) is 26.6. The molecule has 7 nitrogen and oxygen atoms in total. The van der Waals surface area contributed by atoms with Gasteiger partial charge in [0, 0.05) is 18.7 Å². The van der Waals surface area contributed by atoms with E-state index in [4.69, 9.17) is 9.63 Å². The number of nitrogens with zero attached hydrogens (tertiary/aromatic N) is 3. The van der Waals surface area contributed by atoms with Crippen molar-refractivity contribution < 1.29 is 14.4 Å². The Hall–Kier alpha value is -2.44. The van der Waals surface area contributed by atoms with Gasteiger partial charge in [-0.15, -0.1) is 0 Å². The predicted octanol–water partition coefficient (Wildman–Crippen LogP) is 0.930. The fraction of sp³-hybridized carbons (Fsp3) is 0.333. The van der Waals surface area contributed by atoms with Crippen molar-refractivity contribution in [3.63, 3.8) is 0 Å². The van der Waals surface area contributed by atoms with Gasteiger partial charge in [0.05, 0.1) is 12.1 Å². The highest BCUT2D eigenvalue weighted by Gasteiger charge is 2.09. The van der Waals surface area contributed by atoms with E-state index >= 15 is 0 Å². The molecule has 0 unspecified atom stereocenters. The zero-order valence-corrected chi connectivity index (χ0v) is 10.4. The van der Waals surface area contributed by atoms with E-state index < -0.39 is 5.97 Å². The lowest BCUT2D eigenvalue weighted by Crippen LogP contribution is -2.21. The molecule has 0 saturated heterocycles. The highest BCUT2D eigenvalue weighted by molar-refractivity contribution is 5.87. The van der Waals surface area contributed by atoms with Crippen LogP contribution in [0.1, 0.15) is 35.4 Å². The maximum Gasteiger partial charge on any atom is 0.337 e. The van der Waals surface area contributed by atoms with E-state index in [1.807, 2.05) is 6.92 Å². The van der Waals surface area contributed by atoms with Crippen LogP contribution in [-0.4, -0.2) is 25.8 Å². The van der Waals surface area contributed by atoms with Crippen molar-refractivity contribution in [2.75, 3.05) is 0 Å². The molecule has 100 valence electrons. The smallest absolute Gasteiger partial charge is 0.337 e. The number of carboxylic acid groups (broad SMARTS) is 1. The minimum absolute atomic E-state index is 0.0388. The van der Waals surface area contributed by atoms with Crippen molar-refractivity contribution in [2.24, 2.45) is 0 Å². The molecule has 2 aromatic heterocycles. The standard InChI is InChI=1S/C12H13N3O4/c1-2-3-10-13-9(14-19-10)7-15-6-8(12(17)18)4-5-11(15)16/h4-6H,2-3,7H2,1H3,(H,17,18). The molecular formula is C12H13N3O4. The summed E-state index contributed by atoms with van der Waals surface area (Å²) in [5.74, 6) is -0.221. The van der Waals surface area contributed by atoms with Gasteiger partial charge in [-0.2, -0.15) is 4.98 Å². The molecule has 0 saturated carbocycles. The number of hydrogen-bond acceptors (Lipinski definition) is 5. The van der Waals surface area contributed by atoms with Gasteiger partial charge in [0.1, 0.15) is 0 Å².